The second kappa shape index (κ2) is 6.33. The third-order valence-corrected chi connectivity index (χ3v) is 3.33. The summed E-state index contributed by atoms with van der Waals surface area (Å²) in [7, 11) is 1.60. The molecule has 16 heavy (non-hydrogen) atoms. The topological polar surface area (TPSA) is 46.2 Å². The first kappa shape index (κ1) is 12.8. The molecule has 1 aromatic rings. The molecule has 0 aromatic heterocycles. The van der Waals surface area contributed by atoms with Crippen molar-refractivity contribution in [2.24, 2.45) is 5.92 Å². The van der Waals surface area contributed by atoms with Crippen molar-refractivity contribution in [1.29, 1.82) is 0 Å². The zero-order chi connectivity index (χ0) is 12.0. The summed E-state index contributed by atoms with van der Waals surface area (Å²) in [4.78, 5) is 22.9. The Morgan fingerprint density at radius 2 is 1.94 bits per heavy atom. The summed E-state index contributed by atoms with van der Waals surface area (Å²) in [5.74, 6) is 0.323. The van der Waals surface area contributed by atoms with Gasteiger partial charge in [0, 0.05) is 24.3 Å². The Balaban J connectivity index is 2.45. The maximum atomic E-state index is 11.7. The summed E-state index contributed by atoms with van der Waals surface area (Å²) < 4.78 is 0. The van der Waals surface area contributed by atoms with E-state index >= 15 is 0 Å². The molecule has 0 radical (unpaired) electrons. The fourth-order valence-electron chi connectivity index (χ4n) is 1.18. The van der Waals surface area contributed by atoms with Crippen LogP contribution in [0.4, 0.5) is 0 Å². The first-order valence-electron chi connectivity index (χ1n) is 5.09. The number of thioether (sulfide) groups is 1. The number of carbonyl (C=O) groups excluding carboxylic acids is 2. The maximum Gasteiger partial charge on any atom is 0.223 e. The molecule has 86 valence electrons. The predicted octanol–water partition coefficient (Wildman–Crippen LogP) is 1.94. The number of hydrogen-bond acceptors (Lipinski definition) is 3. The molecule has 0 aliphatic rings. The number of carbonyl (C=O) groups is 2. The van der Waals surface area contributed by atoms with Crippen LogP contribution in [-0.2, 0) is 4.79 Å². The summed E-state index contributed by atoms with van der Waals surface area (Å²) in [5, 5.41) is 2.58. The minimum atomic E-state index is -0.150. The van der Waals surface area contributed by atoms with Crippen LogP contribution < -0.4 is 5.32 Å². The van der Waals surface area contributed by atoms with E-state index in [4.69, 9.17) is 0 Å². The van der Waals surface area contributed by atoms with Gasteiger partial charge in [0.05, 0.1) is 0 Å². The third-order valence-electron chi connectivity index (χ3n) is 2.17. The summed E-state index contributed by atoms with van der Waals surface area (Å²) in [6.07, 6.45) is 0. The van der Waals surface area contributed by atoms with E-state index in [2.05, 4.69) is 5.32 Å². The van der Waals surface area contributed by atoms with Gasteiger partial charge in [-0.2, -0.15) is 0 Å². The molecule has 4 heteroatoms. The predicted molar refractivity (Wildman–Crippen MR) is 66.5 cm³/mol. The van der Waals surface area contributed by atoms with E-state index in [1.807, 2.05) is 25.1 Å². The molecular formula is C12H15NO2S. The van der Waals surface area contributed by atoms with Crippen molar-refractivity contribution in [2.45, 2.75) is 6.92 Å². The standard InChI is InChI=1S/C12H15NO2S/c1-9(11(14)13-2)8-16-12(15)10-6-4-3-5-7-10/h3-7,9H,8H2,1-2H3,(H,13,14). The molecule has 1 N–H and O–H groups in total. The van der Waals surface area contributed by atoms with Gasteiger partial charge in [0.1, 0.15) is 0 Å². The Hall–Kier alpha value is -1.29. The van der Waals surface area contributed by atoms with Crippen molar-refractivity contribution < 1.29 is 9.59 Å². The van der Waals surface area contributed by atoms with Crippen LogP contribution in [0.5, 0.6) is 0 Å². The normalized spacial score (nSPS) is 11.9. The molecule has 1 atom stereocenters. The van der Waals surface area contributed by atoms with Gasteiger partial charge in [0.25, 0.3) is 0 Å². The second-order valence-corrected chi connectivity index (χ2v) is 4.47. The van der Waals surface area contributed by atoms with Crippen LogP contribution in [0.3, 0.4) is 0 Å². The Morgan fingerprint density at radius 1 is 1.31 bits per heavy atom. The van der Waals surface area contributed by atoms with Crippen LogP contribution in [0.25, 0.3) is 0 Å². The van der Waals surface area contributed by atoms with Crippen molar-refractivity contribution in [3.63, 3.8) is 0 Å². The van der Waals surface area contributed by atoms with E-state index in [1.54, 1.807) is 19.2 Å². The average molecular weight is 237 g/mol. The van der Waals surface area contributed by atoms with E-state index in [1.165, 1.54) is 11.8 Å². The van der Waals surface area contributed by atoms with Crippen LogP contribution in [0.2, 0.25) is 0 Å². The third kappa shape index (κ3) is 3.70. The summed E-state index contributed by atoms with van der Waals surface area (Å²) in [6, 6.07) is 9.08. The van der Waals surface area contributed by atoms with Crippen molar-refractivity contribution in [3.8, 4) is 0 Å². The molecule has 1 aromatic carbocycles. The molecule has 1 amide bonds. The highest BCUT2D eigenvalue weighted by molar-refractivity contribution is 8.14. The Labute approximate surface area is 99.6 Å². The van der Waals surface area contributed by atoms with Gasteiger partial charge >= 0.3 is 0 Å². The molecule has 0 bridgehead atoms. The maximum absolute atomic E-state index is 11.7. The van der Waals surface area contributed by atoms with Crippen LogP contribution >= 0.6 is 11.8 Å². The number of amides is 1. The quantitative estimate of drug-likeness (QED) is 0.870. The first-order valence-corrected chi connectivity index (χ1v) is 6.07. The van der Waals surface area contributed by atoms with Gasteiger partial charge in [0.15, 0.2) is 0 Å². The average Bonchev–Trinajstić information content (AvgIpc) is 2.35. The minimum Gasteiger partial charge on any atom is -0.359 e. The molecule has 3 nitrogen and oxygen atoms in total. The smallest absolute Gasteiger partial charge is 0.223 e. The molecular weight excluding hydrogens is 222 g/mol. The van der Waals surface area contributed by atoms with Gasteiger partial charge in [-0.1, -0.05) is 49.0 Å². The second-order valence-electron chi connectivity index (χ2n) is 3.48. The first-order chi connectivity index (χ1) is 7.65. The van der Waals surface area contributed by atoms with Gasteiger partial charge < -0.3 is 5.32 Å². The number of hydrogen-bond donors (Lipinski definition) is 1. The molecule has 1 unspecified atom stereocenters. The highest BCUT2D eigenvalue weighted by atomic mass is 32.2. The van der Waals surface area contributed by atoms with Crippen LogP contribution in [0, 0.1) is 5.92 Å². The SMILES string of the molecule is CNC(=O)C(C)CSC(=O)c1ccccc1. The summed E-state index contributed by atoms with van der Waals surface area (Å²) >= 11 is 1.18. The summed E-state index contributed by atoms with van der Waals surface area (Å²) in [6.45, 7) is 1.81. The van der Waals surface area contributed by atoms with Gasteiger partial charge in [-0.3, -0.25) is 9.59 Å². The van der Waals surface area contributed by atoms with E-state index in [-0.39, 0.29) is 16.9 Å². The molecule has 0 saturated carbocycles. The van der Waals surface area contributed by atoms with Gasteiger partial charge in [-0.05, 0) is 0 Å². The lowest BCUT2D eigenvalue weighted by Gasteiger charge is -2.08. The number of nitrogens with one attached hydrogen (secondary N) is 1. The van der Waals surface area contributed by atoms with E-state index in [0.29, 0.717) is 11.3 Å². The Kier molecular flexibility index (Phi) is 5.05. The minimum absolute atomic E-state index is 0.0105. The lowest BCUT2D eigenvalue weighted by Crippen LogP contribution is -2.27. The van der Waals surface area contributed by atoms with Crippen LogP contribution in [0.1, 0.15) is 17.3 Å². The highest BCUT2D eigenvalue weighted by Crippen LogP contribution is 2.15. The van der Waals surface area contributed by atoms with Crippen molar-refractivity contribution >= 4 is 22.8 Å². The number of benzene rings is 1. The molecule has 0 aliphatic carbocycles. The highest BCUT2D eigenvalue weighted by Gasteiger charge is 2.14. The van der Waals surface area contributed by atoms with Crippen molar-refractivity contribution in [2.75, 3.05) is 12.8 Å². The zero-order valence-electron chi connectivity index (χ0n) is 9.40. The molecule has 0 fully saturated rings. The monoisotopic (exact) mass is 237 g/mol. The van der Waals surface area contributed by atoms with Gasteiger partial charge in [0.2, 0.25) is 11.0 Å². The number of rotatable bonds is 4. The van der Waals surface area contributed by atoms with Gasteiger partial charge in [-0.25, -0.2) is 0 Å². The van der Waals surface area contributed by atoms with Crippen molar-refractivity contribution in [3.05, 3.63) is 35.9 Å². The molecule has 0 spiro atoms. The Morgan fingerprint density at radius 3 is 2.50 bits per heavy atom. The van der Waals surface area contributed by atoms with Crippen molar-refractivity contribution in [1.82, 2.24) is 5.32 Å². The molecule has 1 rings (SSSR count). The van der Waals surface area contributed by atoms with Crippen LogP contribution in [-0.4, -0.2) is 23.8 Å². The summed E-state index contributed by atoms with van der Waals surface area (Å²) in [5.41, 5.74) is 0.677. The lowest BCUT2D eigenvalue weighted by molar-refractivity contribution is -0.123. The van der Waals surface area contributed by atoms with Crippen LogP contribution in [0.15, 0.2) is 30.3 Å². The van der Waals surface area contributed by atoms with E-state index in [0.717, 1.165) is 0 Å². The lowest BCUT2D eigenvalue weighted by atomic mass is 10.2. The van der Waals surface area contributed by atoms with E-state index in [9.17, 15) is 9.59 Å². The molecule has 0 saturated heterocycles. The zero-order valence-corrected chi connectivity index (χ0v) is 10.2. The Bertz CT molecular complexity index is 365. The molecule has 0 aliphatic heterocycles. The van der Waals surface area contributed by atoms with Gasteiger partial charge in [-0.15, -0.1) is 0 Å². The fraction of sp³-hybridized carbons (Fsp3) is 0.333. The molecule has 0 heterocycles. The largest absolute Gasteiger partial charge is 0.359 e. The fourth-order valence-corrected chi connectivity index (χ4v) is 2.04. The van der Waals surface area contributed by atoms with E-state index < -0.39 is 0 Å².